The molecule has 1 saturated heterocycles. The summed E-state index contributed by atoms with van der Waals surface area (Å²) >= 11 is 3.34. The molecule has 0 aliphatic carbocycles. The molecule has 0 saturated carbocycles. The van der Waals surface area contributed by atoms with E-state index in [1.165, 1.54) is 0 Å². The third-order valence-corrected chi connectivity index (χ3v) is 4.95. The fraction of sp³-hybridized carbons (Fsp3) is 0.333. The molecule has 0 amide bonds. The lowest BCUT2D eigenvalue weighted by atomic mass is 10.3. The highest BCUT2D eigenvalue weighted by Crippen LogP contribution is 2.22. The van der Waals surface area contributed by atoms with Crippen molar-refractivity contribution >= 4 is 31.3 Å². The second kappa shape index (κ2) is 3.42. The van der Waals surface area contributed by atoms with Crippen molar-refractivity contribution in [2.45, 2.75) is 6.42 Å². The van der Waals surface area contributed by atoms with Crippen LogP contribution in [0.5, 0.6) is 0 Å². The number of benzene rings is 1. The van der Waals surface area contributed by atoms with E-state index in [0.29, 0.717) is 0 Å². The van der Waals surface area contributed by atoms with Crippen LogP contribution in [0.1, 0.15) is 6.42 Å². The van der Waals surface area contributed by atoms with Gasteiger partial charge in [-0.25, -0.2) is 4.21 Å². The molecule has 1 fully saturated rings. The van der Waals surface area contributed by atoms with Crippen LogP contribution in [0.3, 0.4) is 0 Å². The van der Waals surface area contributed by atoms with E-state index in [1.807, 2.05) is 24.3 Å². The molecular weight excluding hydrogens is 250 g/mol. The highest BCUT2D eigenvalue weighted by Gasteiger charge is 2.18. The second-order valence-electron chi connectivity index (χ2n) is 3.10. The number of halogens is 1. The molecule has 4 heteroatoms. The predicted molar refractivity (Wildman–Crippen MR) is 58.7 cm³/mol. The fourth-order valence-corrected chi connectivity index (χ4v) is 2.91. The van der Waals surface area contributed by atoms with Crippen molar-refractivity contribution in [3.05, 3.63) is 28.7 Å². The molecule has 13 heavy (non-hydrogen) atoms. The summed E-state index contributed by atoms with van der Waals surface area (Å²) in [5, 5.41) is 0. The van der Waals surface area contributed by atoms with Gasteiger partial charge >= 0.3 is 0 Å². The molecular formula is C9H10BrNOS. The SMILES string of the molecule is O=S1(=Nc2ccc(Br)cc2)CCC1. The third kappa shape index (κ3) is 2.11. The Hall–Kier alpha value is -0.350. The van der Waals surface area contributed by atoms with Crippen LogP contribution in [0.4, 0.5) is 5.69 Å². The maximum atomic E-state index is 11.7. The Balaban J connectivity index is 2.32. The van der Waals surface area contributed by atoms with Crippen LogP contribution in [-0.2, 0) is 9.73 Å². The van der Waals surface area contributed by atoms with Gasteiger partial charge in [-0.3, -0.25) is 0 Å². The average molecular weight is 260 g/mol. The molecule has 1 aromatic carbocycles. The Labute approximate surface area is 86.7 Å². The van der Waals surface area contributed by atoms with Gasteiger partial charge in [-0.05, 0) is 30.7 Å². The molecule has 1 aliphatic heterocycles. The Morgan fingerprint density at radius 1 is 1.23 bits per heavy atom. The fourth-order valence-electron chi connectivity index (χ4n) is 1.18. The minimum atomic E-state index is -1.85. The minimum absolute atomic E-state index is 0.767. The maximum absolute atomic E-state index is 11.7. The van der Waals surface area contributed by atoms with Gasteiger partial charge in [0, 0.05) is 16.0 Å². The van der Waals surface area contributed by atoms with Gasteiger partial charge in [-0.1, -0.05) is 15.9 Å². The standard InChI is InChI=1S/C9H10BrNOS/c10-8-2-4-9(5-3-8)11-13(12)6-1-7-13/h2-5H,1,6-7H2. The first kappa shape index (κ1) is 9.21. The van der Waals surface area contributed by atoms with Crippen molar-refractivity contribution in [2.75, 3.05) is 11.5 Å². The molecule has 1 aliphatic rings. The number of rotatable bonds is 1. The Morgan fingerprint density at radius 2 is 1.85 bits per heavy atom. The van der Waals surface area contributed by atoms with Crippen molar-refractivity contribution in [1.29, 1.82) is 0 Å². The highest BCUT2D eigenvalue weighted by molar-refractivity contribution is 9.10. The van der Waals surface area contributed by atoms with E-state index in [-0.39, 0.29) is 0 Å². The normalized spacial score (nSPS) is 19.2. The maximum Gasteiger partial charge on any atom is 0.0731 e. The van der Waals surface area contributed by atoms with Gasteiger partial charge < -0.3 is 0 Å². The molecule has 0 aromatic heterocycles. The first-order valence-electron chi connectivity index (χ1n) is 4.16. The summed E-state index contributed by atoms with van der Waals surface area (Å²) in [7, 11) is -1.85. The number of hydrogen-bond acceptors (Lipinski definition) is 2. The van der Waals surface area contributed by atoms with Crippen LogP contribution in [-0.4, -0.2) is 15.7 Å². The first-order chi connectivity index (χ1) is 6.18. The number of hydrogen-bond donors (Lipinski definition) is 0. The average Bonchev–Trinajstić information content (AvgIpc) is 2.06. The smallest absolute Gasteiger partial charge is 0.0731 e. The predicted octanol–water partition coefficient (Wildman–Crippen LogP) is 2.95. The molecule has 0 bridgehead atoms. The van der Waals surface area contributed by atoms with Crippen molar-refractivity contribution in [3.63, 3.8) is 0 Å². The largest absolute Gasteiger partial charge is 0.249 e. The second-order valence-corrected chi connectivity index (χ2v) is 6.56. The van der Waals surface area contributed by atoms with E-state index >= 15 is 0 Å². The summed E-state index contributed by atoms with van der Waals surface area (Å²) in [6, 6.07) is 7.60. The van der Waals surface area contributed by atoms with Gasteiger partial charge in [-0.15, -0.1) is 0 Å². The lowest BCUT2D eigenvalue weighted by Gasteiger charge is -2.17. The number of nitrogens with zero attached hydrogens (tertiary/aromatic N) is 1. The summed E-state index contributed by atoms with van der Waals surface area (Å²) in [5.74, 6) is 1.53. The first-order valence-corrected chi connectivity index (χ1v) is 6.81. The van der Waals surface area contributed by atoms with Crippen LogP contribution in [0.15, 0.2) is 33.1 Å². The third-order valence-electron chi connectivity index (χ3n) is 2.02. The van der Waals surface area contributed by atoms with E-state index in [0.717, 1.165) is 28.1 Å². The minimum Gasteiger partial charge on any atom is -0.249 e. The Kier molecular flexibility index (Phi) is 2.43. The van der Waals surface area contributed by atoms with Crippen molar-refractivity contribution in [2.24, 2.45) is 4.36 Å². The Bertz CT molecular complexity index is 408. The van der Waals surface area contributed by atoms with E-state index in [9.17, 15) is 4.21 Å². The quantitative estimate of drug-likeness (QED) is 0.763. The monoisotopic (exact) mass is 259 g/mol. The molecule has 0 atom stereocenters. The summed E-state index contributed by atoms with van der Waals surface area (Å²) in [6.07, 6.45) is 1.05. The van der Waals surface area contributed by atoms with Gasteiger partial charge in [0.25, 0.3) is 0 Å². The van der Waals surface area contributed by atoms with Crippen LogP contribution in [0, 0.1) is 0 Å². The summed E-state index contributed by atoms with van der Waals surface area (Å²) in [6.45, 7) is 0. The van der Waals surface area contributed by atoms with Gasteiger partial charge in [-0.2, -0.15) is 4.36 Å². The summed E-state index contributed by atoms with van der Waals surface area (Å²) in [4.78, 5) is 0. The van der Waals surface area contributed by atoms with Gasteiger partial charge in [0.2, 0.25) is 0 Å². The zero-order valence-electron chi connectivity index (χ0n) is 7.07. The van der Waals surface area contributed by atoms with Gasteiger partial charge in [0.1, 0.15) is 0 Å². The summed E-state index contributed by atoms with van der Waals surface area (Å²) in [5.41, 5.74) is 0.827. The van der Waals surface area contributed by atoms with Crippen LogP contribution >= 0.6 is 15.9 Å². The molecule has 0 N–H and O–H groups in total. The highest BCUT2D eigenvalue weighted by atomic mass is 79.9. The summed E-state index contributed by atoms with van der Waals surface area (Å²) < 4.78 is 17.0. The molecule has 0 radical (unpaired) electrons. The van der Waals surface area contributed by atoms with Crippen molar-refractivity contribution in [1.82, 2.24) is 0 Å². The van der Waals surface area contributed by atoms with E-state index in [4.69, 9.17) is 0 Å². The zero-order valence-corrected chi connectivity index (χ0v) is 9.47. The lowest BCUT2D eigenvalue weighted by molar-refractivity contribution is 0.663. The van der Waals surface area contributed by atoms with E-state index < -0.39 is 9.73 Å². The molecule has 70 valence electrons. The Morgan fingerprint density at radius 3 is 2.31 bits per heavy atom. The van der Waals surface area contributed by atoms with Crippen molar-refractivity contribution in [3.8, 4) is 0 Å². The molecule has 2 nitrogen and oxygen atoms in total. The van der Waals surface area contributed by atoms with E-state index in [2.05, 4.69) is 20.3 Å². The van der Waals surface area contributed by atoms with Crippen LogP contribution < -0.4 is 0 Å². The van der Waals surface area contributed by atoms with Crippen molar-refractivity contribution < 1.29 is 4.21 Å². The van der Waals surface area contributed by atoms with Crippen LogP contribution in [0.2, 0.25) is 0 Å². The molecule has 1 heterocycles. The van der Waals surface area contributed by atoms with E-state index in [1.54, 1.807) is 0 Å². The molecule has 0 spiro atoms. The topological polar surface area (TPSA) is 29.4 Å². The molecule has 0 unspecified atom stereocenters. The van der Waals surface area contributed by atoms with Gasteiger partial charge in [0.05, 0.1) is 15.4 Å². The lowest BCUT2D eigenvalue weighted by Crippen LogP contribution is -2.22. The zero-order chi connectivity index (χ0) is 9.31. The van der Waals surface area contributed by atoms with Gasteiger partial charge in [0.15, 0.2) is 0 Å². The molecule has 1 aromatic rings. The van der Waals surface area contributed by atoms with Crippen LogP contribution in [0.25, 0.3) is 0 Å². The molecule has 2 rings (SSSR count).